The zero-order valence-corrected chi connectivity index (χ0v) is 12.9. The SMILES string of the molecule is CNCC1CCCN1Cc1ccc(F)c(Br)c1.Cl. The lowest BCUT2D eigenvalue weighted by Gasteiger charge is -2.24. The van der Waals surface area contributed by atoms with Crippen LogP contribution in [0.5, 0.6) is 0 Å². The highest BCUT2D eigenvalue weighted by Gasteiger charge is 2.23. The first-order valence-corrected chi connectivity index (χ1v) is 6.82. The standard InChI is InChI=1S/C13H18BrFN2.ClH/c1-16-8-11-3-2-6-17(11)9-10-4-5-13(15)12(14)7-10;/h4-5,7,11,16H,2-3,6,8-9H2,1H3;1H. The Kier molecular flexibility index (Phi) is 6.57. The van der Waals surface area contributed by atoms with Gasteiger partial charge in [-0.15, -0.1) is 12.4 Å². The molecule has 1 unspecified atom stereocenters. The van der Waals surface area contributed by atoms with Crippen LogP contribution in [0.2, 0.25) is 0 Å². The molecule has 0 bridgehead atoms. The minimum atomic E-state index is -0.193. The van der Waals surface area contributed by atoms with E-state index in [4.69, 9.17) is 0 Å². The molecule has 0 radical (unpaired) electrons. The molecule has 1 heterocycles. The van der Waals surface area contributed by atoms with Gasteiger partial charge in [0.15, 0.2) is 0 Å². The summed E-state index contributed by atoms with van der Waals surface area (Å²) < 4.78 is 13.7. The van der Waals surface area contributed by atoms with Crippen LogP contribution in [-0.2, 0) is 6.54 Å². The van der Waals surface area contributed by atoms with Crippen LogP contribution in [-0.4, -0.2) is 31.1 Å². The van der Waals surface area contributed by atoms with Crippen LogP contribution in [0.25, 0.3) is 0 Å². The molecule has 0 amide bonds. The molecule has 1 N–H and O–H groups in total. The first kappa shape index (κ1) is 15.9. The number of halogens is 3. The van der Waals surface area contributed by atoms with Crippen molar-refractivity contribution < 1.29 is 4.39 Å². The van der Waals surface area contributed by atoms with Crippen molar-refractivity contribution in [2.24, 2.45) is 0 Å². The highest BCUT2D eigenvalue weighted by atomic mass is 79.9. The Morgan fingerprint density at radius 1 is 1.50 bits per heavy atom. The summed E-state index contributed by atoms with van der Waals surface area (Å²) in [4.78, 5) is 2.47. The van der Waals surface area contributed by atoms with Gasteiger partial charge in [-0.3, -0.25) is 4.90 Å². The number of rotatable bonds is 4. The van der Waals surface area contributed by atoms with Crippen LogP contribution in [0.15, 0.2) is 22.7 Å². The molecule has 102 valence electrons. The topological polar surface area (TPSA) is 15.3 Å². The van der Waals surface area contributed by atoms with Crippen LogP contribution in [0.1, 0.15) is 18.4 Å². The molecule has 1 saturated heterocycles. The summed E-state index contributed by atoms with van der Waals surface area (Å²) in [5, 5.41) is 3.23. The third-order valence-electron chi connectivity index (χ3n) is 3.31. The van der Waals surface area contributed by atoms with Crippen LogP contribution < -0.4 is 5.32 Å². The summed E-state index contributed by atoms with van der Waals surface area (Å²) in [7, 11) is 1.99. The summed E-state index contributed by atoms with van der Waals surface area (Å²) in [6.07, 6.45) is 2.51. The van der Waals surface area contributed by atoms with Gasteiger partial charge in [-0.1, -0.05) is 6.07 Å². The maximum absolute atomic E-state index is 13.1. The number of likely N-dealkylation sites (tertiary alicyclic amines) is 1. The molecule has 1 fully saturated rings. The molecule has 1 aliphatic heterocycles. The third-order valence-corrected chi connectivity index (χ3v) is 3.92. The van der Waals surface area contributed by atoms with E-state index in [2.05, 4.69) is 26.1 Å². The van der Waals surface area contributed by atoms with E-state index in [0.29, 0.717) is 10.5 Å². The molecular weight excluding hydrogens is 319 g/mol. The van der Waals surface area contributed by atoms with E-state index in [0.717, 1.165) is 19.6 Å². The molecular formula is C13H19BrClFN2. The van der Waals surface area contributed by atoms with Gasteiger partial charge in [-0.2, -0.15) is 0 Å². The van der Waals surface area contributed by atoms with E-state index in [9.17, 15) is 4.39 Å². The Labute approximate surface area is 122 Å². The Balaban J connectivity index is 0.00000162. The Morgan fingerprint density at radius 2 is 2.28 bits per heavy atom. The maximum Gasteiger partial charge on any atom is 0.137 e. The van der Waals surface area contributed by atoms with Crippen molar-refractivity contribution in [1.29, 1.82) is 0 Å². The van der Waals surface area contributed by atoms with Crippen LogP contribution in [0, 0.1) is 5.82 Å². The molecule has 0 spiro atoms. The lowest BCUT2D eigenvalue weighted by molar-refractivity contribution is 0.242. The Morgan fingerprint density at radius 3 is 2.94 bits per heavy atom. The average Bonchev–Trinajstić information content (AvgIpc) is 2.72. The van der Waals surface area contributed by atoms with E-state index in [1.807, 2.05) is 19.2 Å². The molecule has 0 aromatic heterocycles. The maximum atomic E-state index is 13.1. The number of nitrogens with zero attached hydrogens (tertiary/aromatic N) is 1. The van der Waals surface area contributed by atoms with E-state index in [1.165, 1.54) is 24.5 Å². The van der Waals surface area contributed by atoms with Gasteiger partial charge >= 0.3 is 0 Å². The van der Waals surface area contributed by atoms with Crippen molar-refractivity contribution in [2.45, 2.75) is 25.4 Å². The molecule has 5 heteroatoms. The monoisotopic (exact) mass is 336 g/mol. The summed E-state index contributed by atoms with van der Waals surface area (Å²) in [6.45, 7) is 3.08. The van der Waals surface area contributed by atoms with E-state index in [-0.39, 0.29) is 18.2 Å². The molecule has 18 heavy (non-hydrogen) atoms. The van der Waals surface area contributed by atoms with Gasteiger partial charge < -0.3 is 5.32 Å². The van der Waals surface area contributed by atoms with Gasteiger partial charge in [0.2, 0.25) is 0 Å². The fraction of sp³-hybridized carbons (Fsp3) is 0.538. The molecule has 2 nitrogen and oxygen atoms in total. The van der Waals surface area contributed by atoms with Gasteiger partial charge in [-0.25, -0.2) is 4.39 Å². The Bertz CT molecular complexity index is 389. The van der Waals surface area contributed by atoms with Gasteiger partial charge in [0.05, 0.1) is 4.47 Å². The van der Waals surface area contributed by atoms with Crippen molar-refractivity contribution in [1.82, 2.24) is 10.2 Å². The second-order valence-electron chi connectivity index (χ2n) is 4.57. The lowest BCUT2D eigenvalue weighted by atomic mass is 10.2. The minimum Gasteiger partial charge on any atom is -0.318 e. The Hall–Kier alpha value is -0.160. The molecule has 1 aromatic rings. The normalized spacial score (nSPS) is 19.8. The molecule has 1 atom stereocenters. The summed E-state index contributed by atoms with van der Waals surface area (Å²) in [5.41, 5.74) is 1.17. The van der Waals surface area contributed by atoms with Gasteiger partial charge in [0, 0.05) is 19.1 Å². The first-order chi connectivity index (χ1) is 8.20. The molecule has 0 saturated carbocycles. The molecule has 0 aliphatic carbocycles. The van der Waals surface area contributed by atoms with Gasteiger partial charge in [0.1, 0.15) is 5.82 Å². The second-order valence-corrected chi connectivity index (χ2v) is 5.43. The van der Waals surface area contributed by atoms with Crippen LogP contribution in [0.3, 0.4) is 0 Å². The number of hydrogen-bond donors (Lipinski definition) is 1. The predicted molar refractivity (Wildman–Crippen MR) is 78.7 cm³/mol. The highest BCUT2D eigenvalue weighted by molar-refractivity contribution is 9.10. The van der Waals surface area contributed by atoms with E-state index in [1.54, 1.807) is 0 Å². The summed E-state index contributed by atoms with van der Waals surface area (Å²) in [6, 6.07) is 5.89. The smallest absolute Gasteiger partial charge is 0.137 e. The summed E-state index contributed by atoms with van der Waals surface area (Å²) >= 11 is 3.24. The van der Waals surface area contributed by atoms with Crippen LogP contribution >= 0.6 is 28.3 Å². The zero-order chi connectivity index (χ0) is 12.3. The first-order valence-electron chi connectivity index (χ1n) is 6.03. The second kappa shape index (κ2) is 7.43. The number of likely N-dealkylation sites (N-methyl/N-ethyl adjacent to an activating group) is 1. The van der Waals surface area contributed by atoms with E-state index >= 15 is 0 Å². The molecule has 1 aromatic carbocycles. The van der Waals surface area contributed by atoms with E-state index < -0.39 is 0 Å². The number of nitrogens with one attached hydrogen (secondary N) is 1. The number of benzene rings is 1. The lowest BCUT2D eigenvalue weighted by Crippen LogP contribution is -2.36. The van der Waals surface area contributed by atoms with Gasteiger partial charge in [0.25, 0.3) is 0 Å². The largest absolute Gasteiger partial charge is 0.318 e. The highest BCUT2D eigenvalue weighted by Crippen LogP contribution is 2.22. The molecule has 1 aliphatic rings. The summed E-state index contributed by atoms with van der Waals surface area (Å²) in [5.74, 6) is -0.193. The van der Waals surface area contributed by atoms with Crippen molar-refractivity contribution in [3.05, 3.63) is 34.1 Å². The van der Waals surface area contributed by atoms with Crippen molar-refractivity contribution in [3.63, 3.8) is 0 Å². The zero-order valence-electron chi connectivity index (χ0n) is 10.5. The fourth-order valence-corrected chi connectivity index (χ4v) is 2.87. The van der Waals surface area contributed by atoms with Crippen molar-refractivity contribution in [3.8, 4) is 0 Å². The molecule has 2 rings (SSSR count). The minimum absolute atomic E-state index is 0. The fourth-order valence-electron chi connectivity index (χ4n) is 2.44. The quantitative estimate of drug-likeness (QED) is 0.908. The predicted octanol–water partition coefficient (Wildman–Crippen LogP) is 3.19. The van der Waals surface area contributed by atoms with Crippen molar-refractivity contribution >= 4 is 28.3 Å². The average molecular weight is 338 g/mol. The third kappa shape index (κ3) is 3.92. The van der Waals surface area contributed by atoms with Crippen LogP contribution in [0.4, 0.5) is 4.39 Å². The van der Waals surface area contributed by atoms with Crippen molar-refractivity contribution in [2.75, 3.05) is 20.1 Å². The number of hydrogen-bond acceptors (Lipinski definition) is 2. The van der Waals surface area contributed by atoms with Gasteiger partial charge in [-0.05, 0) is 60.1 Å².